The molecule has 112 valence electrons. The topological polar surface area (TPSA) is 46.4 Å². The van der Waals surface area contributed by atoms with Gasteiger partial charge >= 0.3 is 0 Å². The normalized spacial score (nSPS) is 10.8. The van der Waals surface area contributed by atoms with Gasteiger partial charge in [0.2, 0.25) is 0 Å². The number of nitrogens with one attached hydrogen (secondary N) is 1. The van der Waals surface area contributed by atoms with Crippen LogP contribution < -0.4 is 5.32 Å². The van der Waals surface area contributed by atoms with Crippen LogP contribution in [-0.2, 0) is 6.42 Å². The molecule has 0 fully saturated rings. The number of rotatable bonds is 4. The second kappa shape index (κ2) is 6.15. The minimum Gasteiger partial charge on any atom is -0.352 e. The molecular weight excluding hydrogens is 305 g/mol. The highest BCUT2D eigenvalue weighted by Gasteiger charge is 2.07. The van der Waals surface area contributed by atoms with Gasteiger partial charge in [0.15, 0.2) is 0 Å². The lowest BCUT2D eigenvalue weighted by Gasteiger charge is -2.03. The standard InChI is InChI=1S/C16H13ClFN3O/c17-12-4-5-15-20-14(10-21(15)9-12)6-7-19-16(22)11-2-1-3-13(18)8-11/h1-5,8-10H,6-7H2,(H,19,22). The molecule has 0 atom stereocenters. The highest BCUT2D eigenvalue weighted by molar-refractivity contribution is 6.30. The molecule has 0 unspecified atom stereocenters. The molecule has 2 aromatic heterocycles. The van der Waals surface area contributed by atoms with E-state index in [-0.39, 0.29) is 5.91 Å². The first-order valence-corrected chi connectivity index (χ1v) is 7.16. The van der Waals surface area contributed by atoms with E-state index in [0.29, 0.717) is 23.6 Å². The maximum atomic E-state index is 13.1. The fraction of sp³-hybridized carbons (Fsp3) is 0.125. The second-order valence-corrected chi connectivity index (χ2v) is 5.30. The van der Waals surface area contributed by atoms with Crippen LogP contribution in [0.5, 0.6) is 0 Å². The van der Waals surface area contributed by atoms with Crippen molar-refractivity contribution in [2.45, 2.75) is 6.42 Å². The number of aromatic nitrogens is 2. The predicted octanol–water partition coefficient (Wildman–Crippen LogP) is 3.10. The average Bonchev–Trinajstić information content (AvgIpc) is 2.89. The zero-order chi connectivity index (χ0) is 15.5. The number of fused-ring (bicyclic) bond motifs is 1. The monoisotopic (exact) mass is 317 g/mol. The van der Waals surface area contributed by atoms with Crippen molar-refractivity contribution in [3.63, 3.8) is 0 Å². The zero-order valence-corrected chi connectivity index (χ0v) is 12.3. The number of imidazole rings is 1. The molecule has 1 N–H and O–H groups in total. The van der Waals surface area contributed by atoms with Crippen molar-refractivity contribution in [3.05, 3.63) is 70.9 Å². The molecule has 3 aromatic rings. The summed E-state index contributed by atoms with van der Waals surface area (Å²) in [6.45, 7) is 0.424. The molecule has 22 heavy (non-hydrogen) atoms. The fourth-order valence-electron chi connectivity index (χ4n) is 2.17. The maximum absolute atomic E-state index is 13.1. The molecule has 3 rings (SSSR count). The average molecular weight is 318 g/mol. The molecule has 0 radical (unpaired) electrons. The van der Waals surface area contributed by atoms with Crippen LogP contribution in [0.1, 0.15) is 16.1 Å². The van der Waals surface area contributed by atoms with Gasteiger partial charge in [0.25, 0.3) is 5.91 Å². The van der Waals surface area contributed by atoms with Crippen molar-refractivity contribution in [1.82, 2.24) is 14.7 Å². The van der Waals surface area contributed by atoms with Crippen LogP contribution in [0.4, 0.5) is 4.39 Å². The molecular formula is C16H13ClFN3O. The van der Waals surface area contributed by atoms with Crippen molar-refractivity contribution < 1.29 is 9.18 Å². The Hall–Kier alpha value is -2.40. The zero-order valence-electron chi connectivity index (χ0n) is 11.6. The highest BCUT2D eigenvalue weighted by Crippen LogP contribution is 2.12. The van der Waals surface area contributed by atoms with Gasteiger partial charge in [-0.15, -0.1) is 0 Å². The lowest BCUT2D eigenvalue weighted by molar-refractivity contribution is 0.0953. The SMILES string of the molecule is O=C(NCCc1cn2cc(Cl)ccc2n1)c1cccc(F)c1. The third-order valence-electron chi connectivity index (χ3n) is 3.22. The molecule has 0 spiro atoms. The van der Waals surface area contributed by atoms with Crippen LogP contribution in [-0.4, -0.2) is 21.8 Å². The Kier molecular flexibility index (Phi) is 4.06. The second-order valence-electron chi connectivity index (χ2n) is 4.86. The van der Waals surface area contributed by atoms with Crippen LogP contribution in [0.25, 0.3) is 5.65 Å². The van der Waals surface area contributed by atoms with E-state index in [9.17, 15) is 9.18 Å². The van der Waals surface area contributed by atoms with Gasteiger partial charge in [-0.1, -0.05) is 17.7 Å². The van der Waals surface area contributed by atoms with Gasteiger partial charge in [0.1, 0.15) is 11.5 Å². The van der Waals surface area contributed by atoms with Crippen LogP contribution >= 0.6 is 11.6 Å². The van der Waals surface area contributed by atoms with E-state index in [4.69, 9.17) is 11.6 Å². The quantitative estimate of drug-likeness (QED) is 0.803. The van der Waals surface area contributed by atoms with Crippen LogP contribution in [0.2, 0.25) is 5.02 Å². The van der Waals surface area contributed by atoms with Crippen LogP contribution in [0.3, 0.4) is 0 Å². The largest absolute Gasteiger partial charge is 0.352 e. The molecule has 1 aromatic carbocycles. The van der Waals surface area contributed by atoms with E-state index in [0.717, 1.165) is 11.3 Å². The summed E-state index contributed by atoms with van der Waals surface area (Å²) in [4.78, 5) is 16.3. The molecule has 0 saturated carbocycles. The lowest BCUT2D eigenvalue weighted by atomic mass is 10.2. The van der Waals surface area contributed by atoms with Crippen molar-refractivity contribution >= 4 is 23.2 Å². The Morgan fingerprint density at radius 3 is 2.95 bits per heavy atom. The Labute approximate surface area is 131 Å². The molecule has 0 saturated heterocycles. The highest BCUT2D eigenvalue weighted by atomic mass is 35.5. The number of nitrogens with zero attached hydrogens (tertiary/aromatic N) is 2. The summed E-state index contributed by atoms with van der Waals surface area (Å²) < 4.78 is 14.9. The molecule has 0 aliphatic heterocycles. The summed E-state index contributed by atoms with van der Waals surface area (Å²) in [5.74, 6) is -0.726. The first-order chi connectivity index (χ1) is 10.6. The summed E-state index contributed by atoms with van der Waals surface area (Å²) in [5, 5.41) is 3.38. The third-order valence-corrected chi connectivity index (χ3v) is 3.44. The van der Waals surface area contributed by atoms with Crippen LogP contribution in [0.15, 0.2) is 48.8 Å². The van der Waals surface area contributed by atoms with Crippen molar-refractivity contribution in [2.75, 3.05) is 6.54 Å². The van der Waals surface area contributed by atoms with E-state index < -0.39 is 5.82 Å². The van der Waals surface area contributed by atoms with Gasteiger partial charge in [-0.05, 0) is 30.3 Å². The number of halogens is 2. The van der Waals surface area contributed by atoms with Crippen molar-refractivity contribution in [2.24, 2.45) is 0 Å². The Morgan fingerprint density at radius 1 is 1.27 bits per heavy atom. The Balaban J connectivity index is 1.61. The van der Waals surface area contributed by atoms with Gasteiger partial charge in [-0.2, -0.15) is 0 Å². The molecule has 0 aliphatic rings. The minimum absolute atomic E-state index is 0.300. The molecule has 1 amide bonds. The molecule has 2 heterocycles. The summed E-state index contributed by atoms with van der Waals surface area (Å²) in [5.41, 5.74) is 1.96. The number of hydrogen-bond donors (Lipinski definition) is 1. The summed E-state index contributed by atoms with van der Waals surface area (Å²) in [6, 6.07) is 9.21. The maximum Gasteiger partial charge on any atom is 0.251 e. The predicted molar refractivity (Wildman–Crippen MR) is 82.6 cm³/mol. The van der Waals surface area contributed by atoms with E-state index in [2.05, 4.69) is 10.3 Å². The molecule has 6 heteroatoms. The number of amides is 1. The first-order valence-electron chi connectivity index (χ1n) is 6.79. The van der Waals surface area contributed by atoms with E-state index in [1.54, 1.807) is 18.3 Å². The Morgan fingerprint density at radius 2 is 2.14 bits per heavy atom. The Bertz CT molecular complexity index is 831. The summed E-state index contributed by atoms with van der Waals surface area (Å²) in [6.07, 6.45) is 4.23. The van der Waals surface area contributed by atoms with Crippen LogP contribution in [0, 0.1) is 5.82 Å². The minimum atomic E-state index is -0.426. The van der Waals surface area contributed by atoms with Crippen molar-refractivity contribution in [1.29, 1.82) is 0 Å². The van der Waals surface area contributed by atoms with E-state index >= 15 is 0 Å². The summed E-state index contributed by atoms with van der Waals surface area (Å²) in [7, 11) is 0. The summed E-state index contributed by atoms with van der Waals surface area (Å²) >= 11 is 5.92. The van der Waals surface area contributed by atoms with Gasteiger partial charge in [-0.3, -0.25) is 4.79 Å². The molecule has 0 aliphatic carbocycles. The number of hydrogen-bond acceptors (Lipinski definition) is 2. The fourth-order valence-corrected chi connectivity index (χ4v) is 2.34. The molecule has 4 nitrogen and oxygen atoms in total. The number of carbonyl (C=O) groups excluding carboxylic acids is 1. The van der Waals surface area contributed by atoms with Crippen molar-refractivity contribution in [3.8, 4) is 0 Å². The van der Waals surface area contributed by atoms with Gasteiger partial charge in [0, 0.05) is 30.9 Å². The molecule has 0 bridgehead atoms. The van der Waals surface area contributed by atoms with E-state index in [1.807, 2.05) is 16.7 Å². The van der Waals surface area contributed by atoms with Gasteiger partial charge in [0.05, 0.1) is 10.7 Å². The van der Waals surface area contributed by atoms with E-state index in [1.165, 1.54) is 18.2 Å². The number of benzene rings is 1. The lowest BCUT2D eigenvalue weighted by Crippen LogP contribution is -2.25. The van der Waals surface area contributed by atoms with Gasteiger partial charge in [-0.25, -0.2) is 9.37 Å². The van der Waals surface area contributed by atoms with Gasteiger partial charge < -0.3 is 9.72 Å². The number of carbonyl (C=O) groups is 1. The first kappa shape index (κ1) is 14.5. The third kappa shape index (κ3) is 3.26. The smallest absolute Gasteiger partial charge is 0.251 e. The number of pyridine rings is 1.